The van der Waals surface area contributed by atoms with Crippen LogP contribution in [0.15, 0.2) is 18.7 Å². The Hall–Kier alpha value is -0.480. The Kier molecular flexibility index (Phi) is 6.53. The highest BCUT2D eigenvalue weighted by Gasteiger charge is 1.90. The van der Waals surface area contributed by atoms with Crippen LogP contribution in [0.2, 0.25) is 0 Å². The molecule has 0 fully saturated rings. The zero-order valence-corrected chi connectivity index (χ0v) is 9.59. The lowest BCUT2D eigenvalue weighted by atomic mass is 10.3. The summed E-state index contributed by atoms with van der Waals surface area (Å²) in [4.78, 5) is 3.99. The lowest BCUT2D eigenvalue weighted by molar-refractivity contribution is 0.581. The van der Waals surface area contributed by atoms with Gasteiger partial charge < -0.3 is 9.88 Å². The van der Waals surface area contributed by atoms with E-state index in [0.29, 0.717) is 0 Å². The second-order valence-corrected chi connectivity index (χ2v) is 4.24. The minimum Gasteiger partial charge on any atom is -0.336 e. The Morgan fingerprint density at radius 2 is 2.29 bits per heavy atom. The van der Waals surface area contributed by atoms with E-state index in [-0.39, 0.29) is 0 Å². The number of aromatic nitrogens is 2. The maximum Gasteiger partial charge on any atom is 0.0946 e. The molecule has 0 atom stereocenters. The van der Waals surface area contributed by atoms with Crippen molar-refractivity contribution in [3.63, 3.8) is 0 Å². The van der Waals surface area contributed by atoms with Crippen molar-refractivity contribution >= 4 is 11.8 Å². The van der Waals surface area contributed by atoms with Crippen molar-refractivity contribution < 1.29 is 0 Å². The molecule has 1 N–H and O–H groups in total. The Morgan fingerprint density at radius 3 is 3.00 bits per heavy atom. The van der Waals surface area contributed by atoms with E-state index in [9.17, 15) is 0 Å². The third-order valence-electron chi connectivity index (χ3n) is 2.06. The van der Waals surface area contributed by atoms with E-state index in [0.717, 1.165) is 19.6 Å². The number of hydrogen-bond donors (Lipinski definition) is 1. The predicted molar refractivity (Wildman–Crippen MR) is 62.7 cm³/mol. The van der Waals surface area contributed by atoms with Crippen molar-refractivity contribution in [2.75, 3.05) is 25.1 Å². The molecule has 1 aromatic heterocycles. The van der Waals surface area contributed by atoms with Gasteiger partial charge in [0.2, 0.25) is 0 Å². The summed E-state index contributed by atoms with van der Waals surface area (Å²) in [6, 6.07) is 0. The molecular formula is C10H19N3S. The van der Waals surface area contributed by atoms with Crippen LogP contribution in [-0.2, 0) is 6.54 Å². The van der Waals surface area contributed by atoms with E-state index >= 15 is 0 Å². The minimum atomic E-state index is 1.02. The van der Waals surface area contributed by atoms with Crippen molar-refractivity contribution in [2.45, 2.75) is 19.4 Å². The van der Waals surface area contributed by atoms with Gasteiger partial charge in [-0.2, -0.15) is 11.8 Å². The monoisotopic (exact) mass is 213 g/mol. The Labute approximate surface area is 90.3 Å². The minimum absolute atomic E-state index is 1.02. The van der Waals surface area contributed by atoms with Crippen molar-refractivity contribution in [1.82, 2.24) is 14.9 Å². The van der Waals surface area contributed by atoms with Crippen molar-refractivity contribution in [3.8, 4) is 0 Å². The lowest BCUT2D eigenvalue weighted by Gasteiger charge is -2.04. The average Bonchev–Trinajstić information content (AvgIpc) is 2.69. The zero-order valence-electron chi connectivity index (χ0n) is 8.78. The van der Waals surface area contributed by atoms with Crippen LogP contribution in [0.5, 0.6) is 0 Å². The first kappa shape index (κ1) is 11.6. The van der Waals surface area contributed by atoms with Gasteiger partial charge in [-0.1, -0.05) is 0 Å². The molecule has 0 bridgehead atoms. The van der Waals surface area contributed by atoms with Crippen LogP contribution in [0.1, 0.15) is 12.8 Å². The molecule has 0 aliphatic rings. The van der Waals surface area contributed by atoms with Crippen LogP contribution in [0.3, 0.4) is 0 Å². The van der Waals surface area contributed by atoms with Gasteiger partial charge in [0.25, 0.3) is 0 Å². The summed E-state index contributed by atoms with van der Waals surface area (Å²) in [6.07, 6.45) is 10.4. The number of rotatable bonds is 8. The fourth-order valence-corrected chi connectivity index (χ4v) is 1.74. The summed E-state index contributed by atoms with van der Waals surface area (Å²) < 4.78 is 2.09. The third kappa shape index (κ3) is 5.29. The van der Waals surface area contributed by atoms with E-state index in [1.807, 2.05) is 30.5 Å². The molecule has 14 heavy (non-hydrogen) atoms. The number of thioether (sulfide) groups is 1. The van der Waals surface area contributed by atoms with E-state index in [4.69, 9.17) is 0 Å². The number of nitrogens with one attached hydrogen (secondary N) is 1. The Morgan fingerprint density at radius 1 is 1.36 bits per heavy atom. The van der Waals surface area contributed by atoms with Gasteiger partial charge in [-0.05, 0) is 31.4 Å². The maximum absolute atomic E-state index is 3.99. The van der Waals surface area contributed by atoms with E-state index in [2.05, 4.69) is 21.1 Å². The Bertz CT molecular complexity index is 211. The number of hydrogen-bond acceptors (Lipinski definition) is 3. The van der Waals surface area contributed by atoms with Crippen LogP contribution < -0.4 is 5.32 Å². The van der Waals surface area contributed by atoms with Gasteiger partial charge >= 0.3 is 0 Å². The third-order valence-corrected chi connectivity index (χ3v) is 2.75. The van der Waals surface area contributed by atoms with Crippen LogP contribution >= 0.6 is 11.8 Å². The Balaban J connectivity index is 1.85. The molecule has 1 aromatic rings. The second kappa shape index (κ2) is 7.88. The molecule has 0 aliphatic heterocycles. The molecule has 0 amide bonds. The van der Waals surface area contributed by atoms with Crippen LogP contribution in [0.4, 0.5) is 0 Å². The molecule has 80 valence electrons. The topological polar surface area (TPSA) is 29.9 Å². The van der Waals surface area contributed by atoms with E-state index in [1.165, 1.54) is 18.6 Å². The number of imidazole rings is 1. The normalized spacial score (nSPS) is 10.6. The van der Waals surface area contributed by atoms with Crippen LogP contribution in [0.25, 0.3) is 0 Å². The van der Waals surface area contributed by atoms with Crippen LogP contribution in [0, 0.1) is 0 Å². The first-order valence-corrected chi connectivity index (χ1v) is 6.48. The molecule has 0 aromatic carbocycles. The summed E-state index contributed by atoms with van der Waals surface area (Å²) >= 11 is 1.92. The highest BCUT2D eigenvalue weighted by atomic mass is 32.2. The van der Waals surface area contributed by atoms with E-state index < -0.39 is 0 Å². The lowest BCUT2D eigenvalue weighted by Crippen LogP contribution is -2.20. The number of nitrogens with zero attached hydrogens (tertiary/aromatic N) is 2. The molecule has 0 aliphatic carbocycles. The van der Waals surface area contributed by atoms with Crippen molar-refractivity contribution in [2.24, 2.45) is 0 Å². The number of unbranched alkanes of at least 4 members (excludes halogenated alkanes) is 1. The maximum atomic E-state index is 3.99. The smallest absolute Gasteiger partial charge is 0.0946 e. The van der Waals surface area contributed by atoms with Gasteiger partial charge in [0.15, 0.2) is 0 Å². The molecule has 0 saturated heterocycles. The zero-order chi connectivity index (χ0) is 10.1. The van der Waals surface area contributed by atoms with Crippen molar-refractivity contribution in [3.05, 3.63) is 18.7 Å². The SMILES string of the molecule is CSCCCCNCCn1ccnc1. The predicted octanol–water partition coefficient (Wildman–Crippen LogP) is 1.62. The first-order chi connectivity index (χ1) is 6.93. The van der Waals surface area contributed by atoms with Gasteiger partial charge in [-0.3, -0.25) is 0 Å². The van der Waals surface area contributed by atoms with Gasteiger partial charge in [-0.15, -0.1) is 0 Å². The largest absolute Gasteiger partial charge is 0.336 e. The van der Waals surface area contributed by atoms with E-state index in [1.54, 1.807) is 0 Å². The summed E-state index contributed by atoms with van der Waals surface area (Å²) in [6.45, 7) is 3.19. The molecule has 4 heteroatoms. The summed E-state index contributed by atoms with van der Waals surface area (Å²) in [5.41, 5.74) is 0. The molecular weight excluding hydrogens is 194 g/mol. The fourth-order valence-electron chi connectivity index (χ4n) is 1.25. The molecule has 0 unspecified atom stereocenters. The average molecular weight is 213 g/mol. The molecule has 0 radical (unpaired) electrons. The first-order valence-electron chi connectivity index (χ1n) is 5.09. The molecule has 1 heterocycles. The van der Waals surface area contributed by atoms with Gasteiger partial charge in [0, 0.05) is 25.5 Å². The molecule has 0 saturated carbocycles. The molecule has 1 rings (SSSR count). The van der Waals surface area contributed by atoms with Gasteiger partial charge in [0.05, 0.1) is 6.33 Å². The van der Waals surface area contributed by atoms with Crippen LogP contribution in [-0.4, -0.2) is 34.6 Å². The summed E-state index contributed by atoms with van der Waals surface area (Å²) in [5.74, 6) is 1.28. The fraction of sp³-hybridized carbons (Fsp3) is 0.700. The highest BCUT2D eigenvalue weighted by Crippen LogP contribution is 1.97. The quantitative estimate of drug-likeness (QED) is 0.665. The highest BCUT2D eigenvalue weighted by molar-refractivity contribution is 7.98. The van der Waals surface area contributed by atoms with Gasteiger partial charge in [-0.25, -0.2) is 4.98 Å². The second-order valence-electron chi connectivity index (χ2n) is 3.25. The summed E-state index contributed by atoms with van der Waals surface area (Å²) in [5, 5.41) is 3.42. The molecule has 0 spiro atoms. The standard InChI is InChI=1S/C10H19N3S/c1-14-9-3-2-4-11-5-7-13-8-6-12-10-13/h6,8,10-11H,2-5,7,9H2,1H3. The van der Waals surface area contributed by atoms with Crippen molar-refractivity contribution in [1.29, 1.82) is 0 Å². The van der Waals surface area contributed by atoms with Gasteiger partial charge in [0.1, 0.15) is 0 Å². The summed E-state index contributed by atoms with van der Waals surface area (Å²) in [7, 11) is 0. The molecule has 3 nitrogen and oxygen atoms in total.